The van der Waals surface area contributed by atoms with Crippen LogP contribution in [0.1, 0.15) is 108 Å². The highest BCUT2D eigenvalue weighted by atomic mass is 19.1. The van der Waals surface area contributed by atoms with Gasteiger partial charge in [-0.1, -0.05) is 36.8 Å². The highest BCUT2D eigenvalue weighted by molar-refractivity contribution is 5.98. The van der Waals surface area contributed by atoms with E-state index in [0.29, 0.717) is 17.5 Å². The molecule has 2 fully saturated rings. The van der Waals surface area contributed by atoms with Crippen LogP contribution in [0.25, 0.3) is 10.9 Å². The zero-order chi connectivity index (χ0) is 54.6. The molecule has 0 saturated carbocycles. The zero-order valence-corrected chi connectivity index (χ0v) is 42.3. The molecule has 2 aromatic carbocycles. The molecule has 2 aliphatic rings. The second kappa shape index (κ2) is 28.7. The number of carbonyl (C=O) groups excluding carboxylic acids is 8. The van der Waals surface area contributed by atoms with E-state index in [2.05, 4.69) is 36.2 Å². The molecule has 0 bridgehead atoms. The summed E-state index contributed by atoms with van der Waals surface area (Å²) in [6, 6.07) is 6.27. The first kappa shape index (κ1) is 58.2. The summed E-state index contributed by atoms with van der Waals surface area (Å²) in [6.07, 6.45) is 1.83. The Hall–Kier alpha value is -7.72. The summed E-state index contributed by atoms with van der Waals surface area (Å²) in [4.78, 5) is 138. The summed E-state index contributed by atoms with van der Waals surface area (Å²) in [6.45, 7) is 1.53. The summed E-state index contributed by atoms with van der Waals surface area (Å²) >= 11 is 0. The molecule has 5 rings (SSSR count). The molecule has 2 saturated heterocycles. The average molecular weight is 1040 g/mol. The van der Waals surface area contributed by atoms with Crippen LogP contribution in [0.2, 0.25) is 0 Å². The molecule has 406 valence electrons. The van der Waals surface area contributed by atoms with Crippen molar-refractivity contribution in [2.45, 2.75) is 140 Å². The topological polar surface area (TPSA) is 370 Å². The number of hydrogen-bond acceptors (Lipinski definition) is 11. The highest BCUT2D eigenvalue weighted by Gasteiger charge is 2.40. The van der Waals surface area contributed by atoms with Crippen LogP contribution in [0, 0.1) is 17.7 Å². The smallest absolute Gasteiger partial charge is 0.326 e. The average Bonchev–Trinajstić information content (AvgIpc) is 4.03. The van der Waals surface area contributed by atoms with E-state index >= 15 is 0 Å². The van der Waals surface area contributed by atoms with Crippen LogP contribution >= 0.6 is 0 Å². The van der Waals surface area contributed by atoms with Crippen molar-refractivity contribution in [3.05, 3.63) is 71.7 Å². The third-order valence-corrected chi connectivity index (χ3v) is 13.5. The minimum absolute atomic E-state index is 0.0196. The van der Waals surface area contributed by atoms with Gasteiger partial charge in [-0.15, -0.1) is 0 Å². The van der Waals surface area contributed by atoms with Gasteiger partial charge in [-0.25, -0.2) is 9.18 Å². The lowest BCUT2D eigenvalue weighted by Gasteiger charge is -2.31. The van der Waals surface area contributed by atoms with Gasteiger partial charge in [0, 0.05) is 81.2 Å². The number of carbonyl (C=O) groups is 9. The number of para-hydroxylation sites is 1. The number of aliphatic carboxylic acids is 1. The Morgan fingerprint density at radius 1 is 0.800 bits per heavy atom. The summed E-state index contributed by atoms with van der Waals surface area (Å²) in [5, 5.41) is 21.8. The lowest BCUT2D eigenvalue weighted by atomic mass is 9.83. The summed E-state index contributed by atoms with van der Waals surface area (Å²) in [5.74, 6) is -9.16. The fraction of sp³-hybridized carbons (Fsp3) is 0.519. The molecule has 3 aromatic rings. The molecule has 14 N–H and O–H groups in total. The molecule has 7 atom stereocenters. The van der Waals surface area contributed by atoms with Gasteiger partial charge >= 0.3 is 5.97 Å². The molecule has 0 radical (unpaired) electrons. The maximum atomic E-state index is 14.7. The maximum Gasteiger partial charge on any atom is 0.326 e. The van der Waals surface area contributed by atoms with E-state index in [4.69, 9.17) is 22.9 Å². The maximum absolute atomic E-state index is 14.7. The highest BCUT2D eigenvalue weighted by Crippen LogP contribution is 2.27. The van der Waals surface area contributed by atoms with Gasteiger partial charge in [0.15, 0.2) is 17.7 Å². The number of aromatic nitrogens is 1. The summed E-state index contributed by atoms with van der Waals surface area (Å²) in [7, 11) is 0. The number of halogens is 1. The quantitative estimate of drug-likeness (QED) is 0.0550. The van der Waals surface area contributed by atoms with Crippen molar-refractivity contribution >= 4 is 75.7 Å². The number of aliphatic imine (C=N–C) groups is 2. The normalized spacial score (nSPS) is 22.3. The number of nitrogens with two attached hydrogens (primary N) is 4. The lowest BCUT2D eigenvalue weighted by Crippen LogP contribution is -2.57. The predicted octanol–water partition coefficient (Wildman–Crippen LogP) is 1.31. The molecule has 2 aliphatic heterocycles. The van der Waals surface area contributed by atoms with Gasteiger partial charge in [0.25, 0.3) is 0 Å². The standard InChI is InChI=1S/C52H71FN12O10/c1-30(66)61-39(14-7-23-59-52(56)57)47(71)62-40-21-20-36(67)10-2-4-13-41(50(74)75)63-46(70)33(26-34-29-60-38-12-5-3-11-37(34)38)28-44(68)32(9-6-22-58-51(54)55)27-45(69)42(25-31-16-18-35(53)19-17-31)64-48(72)43-15-8-24-65(43)49(40)73/h3,5,11-12,16-19,29,32-33,39-43,60H,2,4,6-10,13-15,20-28H2,1H3,(H,61,66)(H,62,71)(H,63,70)(H,64,72)(H,74,75)(H4,54,55,58)(H4,56,57,59)/t32-,33-,39+,40+,41+,42-,43+/m1/s1. The van der Waals surface area contributed by atoms with Crippen LogP contribution in [0.5, 0.6) is 0 Å². The second-order valence-electron chi connectivity index (χ2n) is 19.3. The number of hydrogen-bond donors (Lipinski definition) is 10. The number of nitrogens with zero attached hydrogens (tertiary/aromatic N) is 3. The second-order valence-corrected chi connectivity index (χ2v) is 19.3. The number of guanidine groups is 2. The third-order valence-electron chi connectivity index (χ3n) is 13.5. The van der Waals surface area contributed by atoms with E-state index in [0.717, 1.165) is 10.9 Å². The fourth-order valence-electron chi connectivity index (χ4n) is 9.61. The first-order valence-electron chi connectivity index (χ1n) is 25.5. The number of carboxylic acids is 1. The molecule has 1 aromatic heterocycles. The number of H-pyrrole nitrogens is 1. The number of amides is 5. The fourth-order valence-corrected chi connectivity index (χ4v) is 9.61. The van der Waals surface area contributed by atoms with E-state index in [1.165, 1.54) is 36.1 Å². The minimum Gasteiger partial charge on any atom is -0.480 e. The van der Waals surface area contributed by atoms with E-state index in [1.54, 1.807) is 6.20 Å². The number of rotatable bonds is 16. The summed E-state index contributed by atoms with van der Waals surface area (Å²) in [5.41, 5.74) is 24.0. The van der Waals surface area contributed by atoms with Crippen molar-refractivity contribution in [3.63, 3.8) is 0 Å². The first-order chi connectivity index (χ1) is 35.8. The Balaban J connectivity index is 1.52. The zero-order valence-electron chi connectivity index (χ0n) is 42.3. The predicted molar refractivity (Wildman–Crippen MR) is 277 cm³/mol. The van der Waals surface area contributed by atoms with Crippen molar-refractivity contribution in [2.75, 3.05) is 19.6 Å². The first-order valence-corrected chi connectivity index (χ1v) is 25.5. The molecule has 0 spiro atoms. The molecule has 3 heterocycles. The monoisotopic (exact) mass is 1040 g/mol. The molecule has 22 nitrogen and oxygen atoms in total. The Morgan fingerprint density at radius 2 is 1.49 bits per heavy atom. The molecule has 5 amide bonds. The van der Waals surface area contributed by atoms with Crippen LogP contribution in [0.3, 0.4) is 0 Å². The van der Waals surface area contributed by atoms with Gasteiger partial charge in [-0.3, -0.25) is 48.3 Å². The SMILES string of the molecule is CC(=O)N[C@@H](CCCN=C(N)N)C(=O)N[C@H]1CCC(=O)CCCC[C@@H](C(=O)O)NC(=O)[C@H](Cc2c[nH]c3ccccc23)CC(=O)[C@H](CCCN=C(N)N)CC(=O)[C@@H](Cc2ccc(F)cc2)NC(=O)[C@@H]2CCCN2C1=O. The van der Waals surface area contributed by atoms with Crippen molar-refractivity contribution in [3.8, 4) is 0 Å². The van der Waals surface area contributed by atoms with Crippen molar-refractivity contribution in [2.24, 2.45) is 44.8 Å². The summed E-state index contributed by atoms with van der Waals surface area (Å²) < 4.78 is 14.2. The Labute approximate surface area is 434 Å². The number of Topliss-reactive ketones (excluding diaryl/α,β-unsaturated/α-hetero) is 3. The van der Waals surface area contributed by atoms with Crippen LogP contribution in [0.4, 0.5) is 4.39 Å². The van der Waals surface area contributed by atoms with Gasteiger partial charge in [0.1, 0.15) is 41.6 Å². The van der Waals surface area contributed by atoms with Crippen LogP contribution in [0.15, 0.2) is 64.7 Å². The number of carboxylic acid groups (broad SMARTS) is 1. The molecule has 0 aliphatic carbocycles. The van der Waals surface area contributed by atoms with Gasteiger partial charge in [-0.2, -0.15) is 0 Å². The Morgan fingerprint density at radius 3 is 2.19 bits per heavy atom. The van der Waals surface area contributed by atoms with E-state index in [1.807, 2.05) is 24.3 Å². The number of benzene rings is 2. The molecule has 0 unspecified atom stereocenters. The number of ketones is 3. The Kier molecular flexibility index (Phi) is 22.2. The van der Waals surface area contributed by atoms with Gasteiger partial charge in [-0.05, 0) is 100.0 Å². The number of fused-ring (bicyclic) bond motifs is 2. The Bertz CT molecular complexity index is 2580. The van der Waals surface area contributed by atoms with Crippen LogP contribution in [-0.2, 0) is 56.0 Å². The van der Waals surface area contributed by atoms with Crippen molar-refractivity contribution in [1.29, 1.82) is 0 Å². The molecular formula is C52H71FN12O10. The van der Waals surface area contributed by atoms with Gasteiger partial charge in [0.05, 0.1) is 6.04 Å². The van der Waals surface area contributed by atoms with Crippen LogP contribution in [-0.4, -0.2) is 130 Å². The lowest BCUT2D eigenvalue weighted by molar-refractivity contribution is -0.143. The number of nitrogens with one attached hydrogen (secondary N) is 5. The largest absolute Gasteiger partial charge is 0.480 e. The molecular weight excluding hydrogens is 972 g/mol. The van der Waals surface area contributed by atoms with E-state index in [-0.39, 0.29) is 121 Å². The van der Waals surface area contributed by atoms with E-state index in [9.17, 15) is 52.6 Å². The van der Waals surface area contributed by atoms with E-state index < -0.39 is 108 Å². The minimum atomic E-state index is -1.40. The van der Waals surface area contributed by atoms with Crippen molar-refractivity contribution in [1.82, 2.24) is 31.2 Å². The molecule has 75 heavy (non-hydrogen) atoms. The third kappa shape index (κ3) is 18.3. The van der Waals surface area contributed by atoms with Crippen molar-refractivity contribution < 1.29 is 52.6 Å². The van der Waals surface area contributed by atoms with Gasteiger partial charge < -0.3 is 59.2 Å². The molecule has 23 heteroatoms. The number of aromatic amines is 1. The van der Waals surface area contributed by atoms with Gasteiger partial charge in [0.2, 0.25) is 29.5 Å². The van der Waals surface area contributed by atoms with Crippen LogP contribution < -0.4 is 44.2 Å².